The molecule has 0 heterocycles. The number of hydrogen-bond acceptors (Lipinski definition) is 2. The molecule has 2 rings (SSSR count). The molecular formula is C13H18ClNS. The SMILES string of the molecule is NCCc1ccc(SC2CCCC2)c(Cl)c1. The first-order valence-corrected chi connectivity index (χ1v) is 7.20. The molecule has 0 aliphatic heterocycles. The summed E-state index contributed by atoms with van der Waals surface area (Å²) in [6.45, 7) is 0.686. The lowest BCUT2D eigenvalue weighted by atomic mass is 10.1. The average molecular weight is 256 g/mol. The van der Waals surface area contributed by atoms with Crippen LogP contribution in [0.4, 0.5) is 0 Å². The van der Waals surface area contributed by atoms with Crippen LogP contribution in [0.3, 0.4) is 0 Å². The summed E-state index contributed by atoms with van der Waals surface area (Å²) < 4.78 is 0. The molecule has 1 aliphatic carbocycles. The van der Waals surface area contributed by atoms with E-state index in [-0.39, 0.29) is 0 Å². The van der Waals surface area contributed by atoms with Crippen molar-refractivity contribution < 1.29 is 0 Å². The fraction of sp³-hybridized carbons (Fsp3) is 0.538. The first-order chi connectivity index (χ1) is 7.79. The molecule has 0 atom stereocenters. The smallest absolute Gasteiger partial charge is 0.0544 e. The zero-order valence-corrected chi connectivity index (χ0v) is 11.0. The zero-order valence-electron chi connectivity index (χ0n) is 9.42. The minimum absolute atomic E-state index is 0.686. The maximum absolute atomic E-state index is 6.28. The largest absolute Gasteiger partial charge is 0.330 e. The zero-order chi connectivity index (χ0) is 11.4. The summed E-state index contributed by atoms with van der Waals surface area (Å²) in [6.07, 6.45) is 6.34. The number of halogens is 1. The maximum Gasteiger partial charge on any atom is 0.0544 e. The van der Waals surface area contributed by atoms with Crippen molar-refractivity contribution in [2.75, 3.05) is 6.54 Å². The summed E-state index contributed by atoms with van der Waals surface area (Å²) in [7, 11) is 0. The Balaban J connectivity index is 2.03. The normalized spacial score (nSPS) is 16.9. The van der Waals surface area contributed by atoms with Gasteiger partial charge in [0.15, 0.2) is 0 Å². The Bertz CT molecular complexity index is 348. The molecule has 0 spiro atoms. The van der Waals surface area contributed by atoms with E-state index in [4.69, 9.17) is 17.3 Å². The lowest BCUT2D eigenvalue weighted by Gasteiger charge is -2.11. The van der Waals surface area contributed by atoms with Gasteiger partial charge in [0.05, 0.1) is 5.02 Å². The van der Waals surface area contributed by atoms with Crippen molar-refractivity contribution in [3.05, 3.63) is 28.8 Å². The van der Waals surface area contributed by atoms with E-state index in [1.165, 1.54) is 36.1 Å². The van der Waals surface area contributed by atoms with E-state index in [9.17, 15) is 0 Å². The van der Waals surface area contributed by atoms with Crippen LogP contribution in [0.2, 0.25) is 5.02 Å². The van der Waals surface area contributed by atoms with E-state index in [0.717, 1.165) is 16.7 Å². The Labute approximate surface area is 107 Å². The second-order valence-corrected chi connectivity index (χ2v) is 6.08. The van der Waals surface area contributed by atoms with Crippen molar-refractivity contribution in [1.29, 1.82) is 0 Å². The van der Waals surface area contributed by atoms with Crippen molar-refractivity contribution >= 4 is 23.4 Å². The molecule has 1 aromatic carbocycles. The molecule has 1 saturated carbocycles. The maximum atomic E-state index is 6.28. The monoisotopic (exact) mass is 255 g/mol. The molecule has 1 aliphatic rings. The fourth-order valence-corrected chi connectivity index (χ4v) is 3.73. The van der Waals surface area contributed by atoms with Gasteiger partial charge in [-0.1, -0.05) is 30.5 Å². The van der Waals surface area contributed by atoms with Gasteiger partial charge >= 0.3 is 0 Å². The van der Waals surface area contributed by atoms with Gasteiger partial charge in [0.1, 0.15) is 0 Å². The second kappa shape index (κ2) is 5.95. The molecule has 0 saturated heterocycles. The molecular weight excluding hydrogens is 238 g/mol. The Morgan fingerprint density at radius 2 is 2.06 bits per heavy atom. The predicted molar refractivity (Wildman–Crippen MR) is 72.3 cm³/mol. The first-order valence-electron chi connectivity index (χ1n) is 5.95. The first kappa shape index (κ1) is 12.3. The number of rotatable bonds is 4. The van der Waals surface area contributed by atoms with E-state index >= 15 is 0 Å². The number of benzene rings is 1. The van der Waals surface area contributed by atoms with Gasteiger partial charge in [0, 0.05) is 10.1 Å². The molecule has 3 heteroatoms. The summed E-state index contributed by atoms with van der Waals surface area (Å²) >= 11 is 8.22. The summed E-state index contributed by atoms with van der Waals surface area (Å²) in [4.78, 5) is 1.23. The molecule has 16 heavy (non-hydrogen) atoms. The molecule has 88 valence electrons. The van der Waals surface area contributed by atoms with Crippen LogP contribution in [-0.4, -0.2) is 11.8 Å². The van der Waals surface area contributed by atoms with Crippen LogP contribution < -0.4 is 5.73 Å². The van der Waals surface area contributed by atoms with E-state index in [2.05, 4.69) is 18.2 Å². The highest BCUT2D eigenvalue weighted by atomic mass is 35.5. The number of nitrogens with two attached hydrogens (primary N) is 1. The molecule has 0 aromatic heterocycles. The molecule has 0 bridgehead atoms. The molecule has 2 N–H and O–H groups in total. The fourth-order valence-electron chi connectivity index (χ4n) is 2.15. The molecule has 1 nitrogen and oxygen atoms in total. The minimum Gasteiger partial charge on any atom is -0.330 e. The summed E-state index contributed by atoms with van der Waals surface area (Å²) in [5, 5.41) is 1.67. The van der Waals surface area contributed by atoms with Crippen LogP contribution in [0.5, 0.6) is 0 Å². The molecule has 0 radical (unpaired) electrons. The lowest BCUT2D eigenvalue weighted by Crippen LogP contribution is -2.02. The van der Waals surface area contributed by atoms with E-state index in [1.807, 2.05) is 11.8 Å². The van der Waals surface area contributed by atoms with Gasteiger partial charge in [-0.05, 0) is 43.5 Å². The van der Waals surface area contributed by atoms with Crippen LogP contribution in [0, 0.1) is 0 Å². The van der Waals surface area contributed by atoms with Gasteiger partial charge in [-0.25, -0.2) is 0 Å². The lowest BCUT2D eigenvalue weighted by molar-refractivity contribution is 0.886. The summed E-state index contributed by atoms with van der Waals surface area (Å²) in [5.41, 5.74) is 6.77. The van der Waals surface area contributed by atoms with Gasteiger partial charge in [-0.2, -0.15) is 0 Å². The van der Waals surface area contributed by atoms with E-state index in [1.54, 1.807) is 0 Å². The Kier molecular flexibility index (Phi) is 4.56. The van der Waals surface area contributed by atoms with Crippen LogP contribution >= 0.6 is 23.4 Å². The van der Waals surface area contributed by atoms with Gasteiger partial charge in [-0.3, -0.25) is 0 Å². The third-order valence-electron chi connectivity index (χ3n) is 3.03. The molecule has 0 amide bonds. The average Bonchev–Trinajstić information content (AvgIpc) is 2.75. The van der Waals surface area contributed by atoms with Crippen LogP contribution in [0.1, 0.15) is 31.2 Å². The van der Waals surface area contributed by atoms with E-state index < -0.39 is 0 Å². The van der Waals surface area contributed by atoms with Gasteiger partial charge in [0.25, 0.3) is 0 Å². The van der Waals surface area contributed by atoms with Crippen LogP contribution in [0.25, 0.3) is 0 Å². The minimum atomic E-state index is 0.686. The third-order valence-corrected chi connectivity index (χ3v) is 4.86. The number of hydrogen-bond donors (Lipinski definition) is 1. The van der Waals surface area contributed by atoms with Crippen molar-refractivity contribution in [3.8, 4) is 0 Å². The quantitative estimate of drug-likeness (QED) is 0.884. The Morgan fingerprint density at radius 3 is 2.69 bits per heavy atom. The highest BCUT2D eigenvalue weighted by Gasteiger charge is 2.17. The van der Waals surface area contributed by atoms with Gasteiger partial charge < -0.3 is 5.73 Å². The standard InChI is InChI=1S/C13H18ClNS/c14-12-9-10(7-8-15)5-6-13(12)16-11-3-1-2-4-11/h5-6,9,11H,1-4,7-8,15H2. The molecule has 1 aromatic rings. The Hall–Kier alpha value is -0.180. The topological polar surface area (TPSA) is 26.0 Å². The van der Waals surface area contributed by atoms with E-state index in [0.29, 0.717) is 6.54 Å². The van der Waals surface area contributed by atoms with Gasteiger partial charge in [0.2, 0.25) is 0 Å². The van der Waals surface area contributed by atoms with Crippen LogP contribution in [-0.2, 0) is 6.42 Å². The second-order valence-electron chi connectivity index (χ2n) is 4.33. The van der Waals surface area contributed by atoms with Crippen molar-refractivity contribution in [3.63, 3.8) is 0 Å². The number of thioether (sulfide) groups is 1. The summed E-state index contributed by atoms with van der Waals surface area (Å²) in [5.74, 6) is 0. The van der Waals surface area contributed by atoms with Crippen molar-refractivity contribution in [1.82, 2.24) is 0 Å². The highest BCUT2D eigenvalue weighted by molar-refractivity contribution is 8.00. The van der Waals surface area contributed by atoms with Crippen LogP contribution in [0.15, 0.2) is 23.1 Å². The highest BCUT2D eigenvalue weighted by Crippen LogP contribution is 2.38. The Morgan fingerprint density at radius 1 is 1.31 bits per heavy atom. The predicted octanol–water partition coefficient (Wildman–Crippen LogP) is 3.88. The molecule has 0 unspecified atom stereocenters. The third kappa shape index (κ3) is 3.16. The van der Waals surface area contributed by atoms with Crippen molar-refractivity contribution in [2.45, 2.75) is 42.2 Å². The summed E-state index contributed by atoms with van der Waals surface area (Å²) in [6, 6.07) is 6.36. The van der Waals surface area contributed by atoms with Gasteiger partial charge in [-0.15, -0.1) is 11.8 Å². The molecule has 1 fully saturated rings. The van der Waals surface area contributed by atoms with Crippen molar-refractivity contribution in [2.24, 2.45) is 5.73 Å².